The lowest BCUT2D eigenvalue weighted by Crippen LogP contribution is -2.08. The number of furan rings is 1. The molecule has 4 heteroatoms. The van der Waals surface area contributed by atoms with Gasteiger partial charge < -0.3 is 14.7 Å². The van der Waals surface area contributed by atoms with Gasteiger partial charge in [0.2, 0.25) is 0 Å². The van der Waals surface area contributed by atoms with Gasteiger partial charge >= 0.3 is 0 Å². The molecule has 0 aliphatic carbocycles. The van der Waals surface area contributed by atoms with Crippen molar-refractivity contribution < 1.29 is 4.42 Å². The maximum Gasteiger partial charge on any atom is 0.174 e. The standard InChI is InChI=1S/C15H17N3O/c1-16-8-2-4-11-6-7-12-13(10-11)18-15(17-12)14-5-3-9-19-14/h3,5-7,9-10,16H,2,4,8H2,1H3,(H,17,18). The molecule has 0 bridgehead atoms. The van der Waals surface area contributed by atoms with Crippen molar-refractivity contribution in [2.45, 2.75) is 12.8 Å². The van der Waals surface area contributed by atoms with Crippen molar-refractivity contribution >= 4 is 11.0 Å². The van der Waals surface area contributed by atoms with Crippen LogP contribution in [-0.4, -0.2) is 23.6 Å². The van der Waals surface area contributed by atoms with Crippen LogP contribution in [0, 0.1) is 0 Å². The number of benzene rings is 1. The fourth-order valence-corrected chi connectivity index (χ4v) is 2.21. The second-order valence-electron chi connectivity index (χ2n) is 4.62. The maximum absolute atomic E-state index is 5.36. The van der Waals surface area contributed by atoms with E-state index in [0.29, 0.717) is 0 Å². The number of nitrogens with zero attached hydrogens (tertiary/aromatic N) is 1. The predicted molar refractivity (Wildman–Crippen MR) is 76.0 cm³/mol. The van der Waals surface area contributed by atoms with Crippen LogP contribution in [0.1, 0.15) is 12.0 Å². The zero-order valence-corrected chi connectivity index (χ0v) is 10.9. The summed E-state index contributed by atoms with van der Waals surface area (Å²) in [5, 5.41) is 3.17. The van der Waals surface area contributed by atoms with E-state index >= 15 is 0 Å². The first-order valence-electron chi connectivity index (χ1n) is 6.54. The third-order valence-electron chi connectivity index (χ3n) is 3.19. The summed E-state index contributed by atoms with van der Waals surface area (Å²) in [6, 6.07) is 10.2. The predicted octanol–water partition coefficient (Wildman–Crippen LogP) is 2.97. The summed E-state index contributed by atoms with van der Waals surface area (Å²) >= 11 is 0. The van der Waals surface area contributed by atoms with Crippen LogP contribution < -0.4 is 5.32 Å². The van der Waals surface area contributed by atoms with E-state index in [-0.39, 0.29) is 0 Å². The van der Waals surface area contributed by atoms with Gasteiger partial charge in [0.05, 0.1) is 17.3 Å². The molecule has 98 valence electrons. The Bertz CT molecular complexity index is 655. The smallest absolute Gasteiger partial charge is 0.174 e. The topological polar surface area (TPSA) is 53.9 Å². The van der Waals surface area contributed by atoms with Crippen molar-refractivity contribution in [1.82, 2.24) is 15.3 Å². The van der Waals surface area contributed by atoms with E-state index < -0.39 is 0 Å². The Kier molecular flexibility index (Phi) is 3.33. The Hall–Kier alpha value is -2.07. The van der Waals surface area contributed by atoms with Crippen molar-refractivity contribution in [2.75, 3.05) is 13.6 Å². The summed E-state index contributed by atoms with van der Waals surface area (Å²) in [4.78, 5) is 7.84. The SMILES string of the molecule is CNCCCc1ccc2nc(-c3ccco3)[nH]c2c1. The van der Waals surface area contributed by atoms with E-state index in [1.807, 2.05) is 19.2 Å². The third kappa shape index (κ3) is 2.53. The summed E-state index contributed by atoms with van der Waals surface area (Å²) in [5.74, 6) is 1.56. The zero-order valence-electron chi connectivity index (χ0n) is 10.9. The van der Waals surface area contributed by atoms with Crippen LogP contribution >= 0.6 is 0 Å². The number of aromatic amines is 1. The molecule has 2 aromatic heterocycles. The van der Waals surface area contributed by atoms with Crippen LogP contribution in [0.25, 0.3) is 22.6 Å². The van der Waals surface area contributed by atoms with Gasteiger partial charge in [0, 0.05) is 0 Å². The zero-order chi connectivity index (χ0) is 13.1. The van der Waals surface area contributed by atoms with E-state index in [9.17, 15) is 0 Å². The fourth-order valence-electron chi connectivity index (χ4n) is 2.21. The number of H-pyrrole nitrogens is 1. The number of fused-ring (bicyclic) bond motifs is 1. The molecule has 0 saturated carbocycles. The van der Waals surface area contributed by atoms with Crippen molar-refractivity contribution in [1.29, 1.82) is 0 Å². The van der Waals surface area contributed by atoms with Crippen LogP contribution in [0.5, 0.6) is 0 Å². The molecule has 0 radical (unpaired) electrons. The number of hydrogen-bond acceptors (Lipinski definition) is 3. The van der Waals surface area contributed by atoms with Gasteiger partial charge in [-0.25, -0.2) is 4.98 Å². The van der Waals surface area contributed by atoms with Gasteiger partial charge in [0.25, 0.3) is 0 Å². The van der Waals surface area contributed by atoms with Gasteiger partial charge in [0.15, 0.2) is 11.6 Å². The van der Waals surface area contributed by atoms with Crippen LogP contribution in [-0.2, 0) is 6.42 Å². The van der Waals surface area contributed by atoms with Crippen LogP contribution in [0.3, 0.4) is 0 Å². The van der Waals surface area contributed by atoms with Crippen molar-refractivity contribution in [3.63, 3.8) is 0 Å². The number of imidazole rings is 1. The molecule has 1 aromatic carbocycles. The van der Waals surface area contributed by atoms with Crippen molar-refractivity contribution in [2.24, 2.45) is 0 Å². The molecule has 0 saturated heterocycles. The largest absolute Gasteiger partial charge is 0.461 e. The average molecular weight is 255 g/mol. The van der Waals surface area contributed by atoms with Crippen LogP contribution in [0.4, 0.5) is 0 Å². The summed E-state index contributed by atoms with van der Waals surface area (Å²) in [6.07, 6.45) is 3.87. The number of aryl methyl sites for hydroxylation is 1. The minimum atomic E-state index is 0.771. The van der Waals surface area contributed by atoms with Crippen LogP contribution in [0.2, 0.25) is 0 Å². The molecule has 0 amide bonds. The highest BCUT2D eigenvalue weighted by molar-refractivity contribution is 5.79. The molecule has 0 spiro atoms. The minimum absolute atomic E-state index is 0.771. The Morgan fingerprint density at radius 1 is 1.32 bits per heavy atom. The molecule has 4 nitrogen and oxygen atoms in total. The molecular weight excluding hydrogens is 238 g/mol. The number of aromatic nitrogens is 2. The lowest BCUT2D eigenvalue weighted by atomic mass is 10.1. The minimum Gasteiger partial charge on any atom is -0.461 e. The molecular formula is C15H17N3O. The summed E-state index contributed by atoms with van der Waals surface area (Å²) < 4.78 is 5.36. The van der Waals surface area contributed by atoms with E-state index in [0.717, 1.165) is 42.0 Å². The van der Waals surface area contributed by atoms with E-state index in [2.05, 4.69) is 33.5 Å². The van der Waals surface area contributed by atoms with Crippen molar-refractivity contribution in [3.05, 3.63) is 42.2 Å². The van der Waals surface area contributed by atoms with E-state index in [1.165, 1.54) is 5.56 Å². The first kappa shape index (κ1) is 12.0. The molecule has 0 unspecified atom stereocenters. The molecule has 2 N–H and O–H groups in total. The Labute approximate surface area is 111 Å². The lowest BCUT2D eigenvalue weighted by Gasteiger charge is -2.00. The lowest BCUT2D eigenvalue weighted by molar-refractivity contribution is 0.578. The number of rotatable bonds is 5. The van der Waals surface area contributed by atoms with Crippen molar-refractivity contribution in [3.8, 4) is 11.6 Å². The Morgan fingerprint density at radius 2 is 2.26 bits per heavy atom. The molecule has 2 heterocycles. The van der Waals surface area contributed by atoms with Crippen LogP contribution in [0.15, 0.2) is 41.0 Å². The molecule has 0 aliphatic rings. The highest BCUT2D eigenvalue weighted by Crippen LogP contribution is 2.21. The molecule has 0 aliphatic heterocycles. The fraction of sp³-hybridized carbons (Fsp3) is 0.267. The van der Waals surface area contributed by atoms with Gasteiger partial charge in [-0.3, -0.25) is 0 Å². The number of hydrogen-bond donors (Lipinski definition) is 2. The molecule has 0 atom stereocenters. The highest BCUT2D eigenvalue weighted by atomic mass is 16.3. The Morgan fingerprint density at radius 3 is 3.05 bits per heavy atom. The second kappa shape index (κ2) is 5.28. The summed E-state index contributed by atoms with van der Waals surface area (Å²) in [7, 11) is 1.98. The number of nitrogens with one attached hydrogen (secondary N) is 2. The highest BCUT2D eigenvalue weighted by Gasteiger charge is 2.07. The van der Waals surface area contributed by atoms with Gasteiger partial charge in [-0.2, -0.15) is 0 Å². The van der Waals surface area contributed by atoms with Gasteiger partial charge in [-0.05, 0) is 56.3 Å². The first-order valence-corrected chi connectivity index (χ1v) is 6.54. The normalized spacial score (nSPS) is 11.2. The third-order valence-corrected chi connectivity index (χ3v) is 3.19. The van der Waals surface area contributed by atoms with E-state index in [4.69, 9.17) is 4.42 Å². The quantitative estimate of drug-likeness (QED) is 0.689. The van der Waals surface area contributed by atoms with Gasteiger partial charge in [0.1, 0.15) is 0 Å². The average Bonchev–Trinajstić information content (AvgIpc) is 3.07. The Balaban J connectivity index is 1.87. The van der Waals surface area contributed by atoms with Gasteiger partial charge in [-0.15, -0.1) is 0 Å². The monoisotopic (exact) mass is 255 g/mol. The first-order chi connectivity index (χ1) is 9.36. The molecule has 3 aromatic rings. The van der Waals surface area contributed by atoms with E-state index in [1.54, 1.807) is 6.26 Å². The maximum atomic E-state index is 5.36. The molecule has 0 fully saturated rings. The molecule has 3 rings (SSSR count). The van der Waals surface area contributed by atoms with Gasteiger partial charge in [-0.1, -0.05) is 6.07 Å². The summed E-state index contributed by atoms with van der Waals surface area (Å²) in [6.45, 7) is 1.04. The molecule has 19 heavy (non-hydrogen) atoms. The second-order valence-corrected chi connectivity index (χ2v) is 4.62. The summed E-state index contributed by atoms with van der Waals surface area (Å²) in [5.41, 5.74) is 3.37.